The lowest BCUT2D eigenvalue weighted by molar-refractivity contribution is 0.136. The fourth-order valence-electron chi connectivity index (χ4n) is 2.40. The van der Waals surface area contributed by atoms with Gasteiger partial charge in [0, 0.05) is 0 Å². The Morgan fingerprint density at radius 2 is 1.74 bits per heavy atom. The summed E-state index contributed by atoms with van der Waals surface area (Å²) in [5.74, 6) is 1.57. The molecule has 0 amide bonds. The molecule has 1 N–H and O–H groups in total. The van der Waals surface area contributed by atoms with Gasteiger partial charge in [-0.2, -0.15) is 0 Å². The van der Waals surface area contributed by atoms with Crippen molar-refractivity contribution in [2.75, 3.05) is 20.8 Å². The monoisotopic (exact) mass is 316 g/mol. The van der Waals surface area contributed by atoms with Crippen LogP contribution in [0.5, 0.6) is 17.2 Å². The SMILES string of the molecule is COc1cc([C@H](O)[C@@H]2CO2)cc(OC)c1OCc1ccccc1. The zero-order valence-corrected chi connectivity index (χ0v) is 13.2. The maximum absolute atomic E-state index is 10.2. The Labute approximate surface area is 135 Å². The van der Waals surface area contributed by atoms with Gasteiger partial charge in [0.1, 0.15) is 18.8 Å². The third kappa shape index (κ3) is 3.57. The Kier molecular flexibility index (Phi) is 4.69. The quantitative estimate of drug-likeness (QED) is 0.796. The molecule has 2 aromatic carbocycles. The fourth-order valence-corrected chi connectivity index (χ4v) is 2.40. The van der Waals surface area contributed by atoms with Crippen molar-refractivity contribution in [3.8, 4) is 17.2 Å². The summed E-state index contributed by atoms with van der Waals surface area (Å²) < 4.78 is 21.8. The predicted octanol–water partition coefficient (Wildman–Crippen LogP) is 2.72. The van der Waals surface area contributed by atoms with Gasteiger partial charge in [-0.1, -0.05) is 30.3 Å². The van der Waals surface area contributed by atoms with Crippen LogP contribution in [-0.4, -0.2) is 32.0 Å². The number of methoxy groups -OCH3 is 2. The summed E-state index contributed by atoms with van der Waals surface area (Å²) >= 11 is 0. The highest BCUT2D eigenvalue weighted by atomic mass is 16.6. The topological polar surface area (TPSA) is 60.5 Å². The van der Waals surface area contributed by atoms with Crippen molar-refractivity contribution in [3.63, 3.8) is 0 Å². The number of rotatable bonds is 7. The standard InChI is InChI=1S/C18H20O5/c1-20-14-8-13(17(19)16-11-22-16)9-15(21-2)18(14)23-10-12-6-4-3-5-7-12/h3-9,16-17,19H,10-11H2,1-2H3/t16-,17-/m0/s1. The van der Waals surface area contributed by atoms with Crippen LogP contribution in [0.3, 0.4) is 0 Å². The van der Waals surface area contributed by atoms with E-state index in [1.807, 2.05) is 30.3 Å². The van der Waals surface area contributed by atoms with Crippen LogP contribution in [0.15, 0.2) is 42.5 Å². The zero-order chi connectivity index (χ0) is 16.2. The molecule has 122 valence electrons. The molecular formula is C18H20O5. The lowest BCUT2D eigenvalue weighted by Gasteiger charge is -2.17. The van der Waals surface area contributed by atoms with E-state index in [1.54, 1.807) is 26.4 Å². The molecule has 1 fully saturated rings. The summed E-state index contributed by atoms with van der Waals surface area (Å²) in [5.41, 5.74) is 1.74. The predicted molar refractivity (Wildman–Crippen MR) is 85.0 cm³/mol. The highest BCUT2D eigenvalue weighted by Crippen LogP contribution is 2.42. The molecule has 2 aromatic rings. The van der Waals surface area contributed by atoms with Gasteiger partial charge in [0.2, 0.25) is 5.75 Å². The average Bonchev–Trinajstić information content (AvgIpc) is 3.44. The summed E-state index contributed by atoms with van der Waals surface area (Å²) in [4.78, 5) is 0. The van der Waals surface area contributed by atoms with Gasteiger partial charge in [-0.25, -0.2) is 0 Å². The molecule has 0 unspecified atom stereocenters. The summed E-state index contributed by atoms with van der Waals surface area (Å²) in [6.07, 6.45) is -0.846. The van der Waals surface area contributed by atoms with E-state index in [-0.39, 0.29) is 6.10 Å². The number of epoxide rings is 1. The first-order chi connectivity index (χ1) is 11.2. The molecule has 3 rings (SSSR count). The van der Waals surface area contributed by atoms with Crippen LogP contribution in [0.2, 0.25) is 0 Å². The minimum Gasteiger partial charge on any atom is -0.493 e. The third-order valence-corrected chi connectivity index (χ3v) is 3.76. The molecule has 23 heavy (non-hydrogen) atoms. The van der Waals surface area contributed by atoms with Crippen LogP contribution in [0.1, 0.15) is 17.2 Å². The smallest absolute Gasteiger partial charge is 0.203 e. The lowest BCUT2D eigenvalue weighted by Crippen LogP contribution is -2.07. The minimum absolute atomic E-state index is 0.152. The Morgan fingerprint density at radius 1 is 1.13 bits per heavy atom. The first-order valence-corrected chi connectivity index (χ1v) is 7.45. The normalized spacial score (nSPS) is 17.4. The average molecular weight is 316 g/mol. The van der Waals surface area contributed by atoms with Crippen LogP contribution in [0.4, 0.5) is 0 Å². The Balaban J connectivity index is 1.85. The van der Waals surface area contributed by atoms with Gasteiger partial charge in [-0.15, -0.1) is 0 Å². The molecule has 0 saturated carbocycles. The molecule has 1 saturated heterocycles. The second-order valence-electron chi connectivity index (χ2n) is 5.35. The Hall–Kier alpha value is -2.24. The van der Waals surface area contributed by atoms with Gasteiger partial charge in [0.15, 0.2) is 11.5 Å². The van der Waals surface area contributed by atoms with Crippen molar-refractivity contribution in [2.45, 2.75) is 18.8 Å². The summed E-state index contributed by atoms with van der Waals surface area (Å²) in [6.45, 7) is 0.971. The lowest BCUT2D eigenvalue weighted by atomic mass is 10.1. The highest BCUT2D eigenvalue weighted by molar-refractivity contribution is 5.54. The Morgan fingerprint density at radius 3 is 2.26 bits per heavy atom. The molecule has 0 aliphatic carbocycles. The van der Waals surface area contributed by atoms with Crippen molar-refractivity contribution in [2.24, 2.45) is 0 Å². The summed E-state index contributed by atoms with van der Waals surface area (Å²) in [6, 6.07) is 13.4. The van der Waals surface area contributed by atoms with Crippen LogP contribution in [0, 0.1) is 0 Å². The number of hydrogen-bond acceptors (Lipinski definition) is 5. The van der Waals surface area contributed by atoms with Crippen molar-refractivity contribution in [1.82, 2.24) is 0 Å². The van der Waals surface area contributed by atoms with E-state index >= 15 is 0 Å². The third-order valence-electron chi connectivity index (χ3n) is 3.76. The van der Waals surface area contributed by atoms with E-state index in [4.69, 9.17) is 18.9 Å². The van der Waals surface area contributed by atoms with E-state index in [0.717, 1.165) is 5.56 Å². The molecule has 0 aromatic heterocycles. The Bertz CT molecular complexity index is 627. The number of aliphatic hydroxyl groups excluding tert-OH is 1. The summed E-state index contributed by atoms with van der Waals surface area (Å²) in [7, 11) is 3.13. The summed E-state index contributed by atoms with van der Waals surface area (Å²) in [5, 5.41) is 10.2. The molecule has 0 bridgehead atoms. The van der Waals surface area contributed by atoms with E-state index in [1.165, 1.54) is 0 Å². The number of hydrogen-bond donors (Lipinski definition) is 1. The maximum atomic E-state index is 10.2. The number of benzene rings is 2. The van der Waals surface area contributed by atoms with Crippen molar-refractivity contribution in [1.29, 1.82) is 0 Å². The van der Waals surface area contributed by atoms with Crippen LogP contribution >= 0.6 is 0 Å². The van der Waals surface area contributed by atoms with Crippen molar-refractivity contribution in [3.05, 3.63) is 53.6 Å². The fraction of sp³-hybridized carbons (Fsp3) is 0.333. The van der Waals surface area contributed by atoms with Crippen molar-refractivity contribution >= 4 is 0 Å². The molecule has 1 aliphatic rings. The van der Waals surface area contributed by atoms with Gasteiger partial charge in [0.05, 0.1) is 20.8 Å². The molecule has 0 spiro atoms. The van der Waals surface area contributed by atoms with Crippen LogP contribution in [-0.2, 0) is 11.3 Å². The molecule has 5 nitrogen and oxygen atoms in total. The molecule has 5 heteroatoms. The van der Waals surface area contributed by atoms with Gasteiger partial charge in [0.25, 0.3) is 0 Å². The minimum atomic E-state index is -0.694. The van der Waals surface area contributed by atoms with Gasteiger partial charge >= 0.3 is 0 Å². The van der Waals surface area contributed by atoms with Crippen LogP contribution in [0.25, 0.3) is 0 Å². The number of ether oxygens (including phenoxy) is 4. The van der Waals surface area contributed by atoms with Gasteiger partial charge in [-0.05, 0) is 23.3 Å². The second kappa shape index (κ2) is 6.89. The van der Waals surface area contributed by atoms with Crippen molar-refractivity contribution < 1.29 is 24.1 Å². The van der Waals surface area contributed by atoms with Gasteiger partial charge < -0.3 is 24.1 Å². The molecule has 2 atom stereocenters. The molecule has 1 aliphatic heterocycles. The maximum Gasteiger partial charge on any atom is 0.203 e. The molecule has 1 heterocycles. The molecular weight excluding hydrogens is 296 g/mol. The zero-order valence-electron chi connectivity index (χ0n) is 13.2. The number of aliphatic hydroxyl groups is 1. The van der Waals surface area contributed by atoms with E-state index < -0.39 is 6.10 Å². The first kappa shape index (κ1) is 15.6. The van der Waals surface area contributed by atoms with E-state index in [2.05, 4.69) is 0 Å². The first-order valence-electron chi connectivity index (χ1n) is 7.45. The highest BCUT2D eigenvalue weighted by Gasteiger charge is 2.33. The van der Waals surface area contributed by atoms with Gasteiger partial charge in [-0.3, -0.25) is 0 Å². The van der Waals surface area contributed by atoms with E-state index in [0.29, 0.717) is 36.0 Å². The largest absolute Gasteiger partial charge is 0.493 e. The second-order valence-corrected chi connectivity index (χ2v) is 5.35. The van der Waals surface area contributed by atoms with Crippen LogP contribution < -0.4 is 14.2 Å². The molecule has 0 radical (unpaired) electrons. The van der Waals surface area contributed by atoms with E-state index in [9.17, 15) is 5.11 Å².